The van der Waals surface area contributed by atoms with Gasteiger partial charge in [-0.2, -0.15) is 0 Å². The van der Waals surface area contributed by atoms with Crippen LogP contribution in [0.2, 0.25) is 0 Å². The fraction of sp³-hybridized carbons (Fsp3) is 0.500. The molecule has 2 aliphatic rings. The summed E-state index contributed by atoms with van der Waals surface area (Å²) in [6.07, 6.45) is 2.35. The molecule has 1 aromatic heterocycles. The fourth-order valence-corrected chi connectivity index (χ4v) is 4.32. The van der Waals surface area contributed by atoms with Crippen LogP contribution in [0.3, 0.4) is 0 Å². The standard InChI is InChI=1S/C22H27FN4O2/c1-14(2)26-11-9-18-16(13-26)22(29)25-21(24-18)19-8-5-10-27(19)20(28)12-15-6-3-4-7-17(15)23/h3-4,6-7,14,19H,5,8-13H2,1-2H3,(H,24,25,29). The maximum atomic E-state index is 14.0. The van der Waals surface area contributed by atoms with Crippen LogP contribution in [0.5, 0.6) is 0 Å². The maximum absolute atomic E-state index is 14.0. The van der Waals surface area contributed by atoms with E-state index in [2.05, 4.69) is 23.7 Å². The minimum Gasteiger partial charge on any atom is -0.332 e. The zero-order valence-electron chi connectivity index (χ0n) is 16.9. The molecule has 0 saturated carbocycles. The Morgan fingerprint density at radius 3 is 2.86 bits per heavy atom. The molecular formula is C22H27FN4O2. The number of rotatable bonds is 4. The summed E-state index contributed by atoms with van der Waals surface area (Å²) in [4.78, 5) is 37.3. The maximum Gasteiger partial charge on any atom is 0.255 e. The van der Waals surface area contributed by atoms with Crippen molar-refractivity contribution < 1.29 is 9.18 Å². The van der Waals surface area contributed by atoms with Gasteiger partial charge in [-0.15, -0.1) is 0 Å². The summed E-state index contributed by atoms with van der Waals surface area (Å²) in [6, 6.07) is 6.48. The molecule has 3 heterocycles. The van der Waals surface area contributed by atoms with Gasteiger partial charge in [0.2, 0.25) is 5.91 Å². The average molecular weight is 398 g/mol. The van der Waals surface area contributed by atoms with E-state index >= 15 is 0 Å². The molecule has 1 unspecified atom stereocenters. The van der Waals surface area contributed by atoms with Crippen LogP contribution in [0, 0.1) is 5.82 Å². The van der Waals surface area contributed by atoms with Crippen LogP contribution in [0.25, 0.3) is 0 Å². The van der Waals surface area contributed by atoms with E-state index < -0.39 is 0 Å². The number of aromatic amines is 1. The molecule has 0 spiro atoms. The second-order valence-electron chi connectivity index (χ2n) is 8.20. The number of H-pyrrole nitrogens is 1. The van der Waals surface area contributed by atoms with Gasteiger partial charge in [0.1, 0.15) is 11.6 Å². The lowest BCUT2D eigenvalue weighted by Gasteiger charge is -2.31. The molecule has 2 aliphatic heterocycles. The number of hydrogen-bond donors (Lipinski definition) is 1. The number of nitrogens with zero attached hydrogens (tertiary/aromatic N) is 3. The normalized spacial score (nSPS) is 19.6. The van der Waals surface area contributed by atoms with Crippen molar-refractivity contribution in [3.63, 3.8) is 0 Å². The van der Waals surface area contributed by atoms with Gasteiger partial charge in [-0.1, -0.05) is 18.2 Å². The Kier molecular flexibility index (Phi) is 5.50. The Balaban J connectivity index is 1.56. The number of aromatic nitrogens is 2. The molecule has 1 fully saturated rings. The summed E-state index contributed by atoms with van der Waals surface area (Å²) in [7, 11) is 0. The van der Waals surface area contributed by atoms with Gasteiger partial charge in [0.25, 0.3) is 5.56 Å². The van der Waals surface area contributed by atoms with Gasteiger partial charge in [-0.25, -0.2) is 9.37 Å². The quantitative estimate of drug-likeness (QED) is 0.860. The molecule has 6 nitrogen and oxygen atoms in total. The van der Waals surface area contributed by atoms with Gasteiger partial charge < -0.3 is 9.88 Å². The number of hydrogen-bond acceptors (Lipinski definition) is 4. The summed E-state index contributed by atoms with van der Waals surface area (Å²) in [5.74, 6) is 0.0571. The predicted octanol–water partition coefficient (Wildman–Crippen LogP) is 2.58. The highest BCUT2D eigenvalue weighted by Gasteiger charge is 2.33. The molecule has 154 valence electrons. The van der Waals surface area contributed by atoms with Crippen molar-refractivity contribution in [1.82, 2.24) is 19.8 Å². The lowest BCUT2D eigenvalue weighted by atomic mass is 10.0. The number of likely N-dealkylation sites (tertiary alicyclic amines) is 1. The summed E-state index contributed by atoms with van der Waals surface area (Å²) >= 11 is 0. The summed E-state index contributed by atoms with van der Waals surface area (Å²) in [6.45, 7) is 6.33. The van der Waals surface area contributed by atoms with Crippen LogP contribution >= 0.6 is 0 Å². The molecule has 0 radical (unpaired) electrons. The van der Waals surface area contributed by atoms with E-state index in [1.165, 1.54) is 6.07 Å². The van der Waals surface area contributed by atoms with E-state index in [9.17, 15) is 14.0 Å². The van der Waals surface area contributed by atoms with Crippen LogP contribution < -0.4 is 5.56 Å². The number of fused-ring (bicyclic) bond motifs is 1. The lowest BCUT2D eigenvalue weighted by Crippen LogP contribution is -2.40. The van der Waals surface area contributed by atoms with Crippen LogP contribution in [-0.4, -0.2) is 44.8 Å². The lowest BCUT2D eigenvalue weighted by molar-refractivity contribution is -0.131. The second kappa shape index (κ2) is 8.06. The van der Waals surface area contributed by atoms with Crippen LogP contribution in [0.15, 0.2) is 29.1 Å². The molecule has 1 saturated heterocycles. The number of benzene rings is 1. The van der Waals surface area contributed by atoms with Crippen molar-refractivity contribution in [3.05, 3.63) is 63.1 Å². The summed E-state index contributed by atoms with van der Waals surface area (Å²) in [5.41, 5.74) is 1.86. The number of carbonyl (C=O) groups is 1. The van der Waals surface area contributed by atoms with E-state index in [0.29, 0.717) is 30.5 Å². The van der Waals surface area contributed by atoms with E-state index in [0.717, 1.165) is 37.1 Å². The van der Waals surface area contributed by atoms with Crippen LogP contribution in [-0.2, 0) is 24.2 Å². The average Bonchev–Trinajstić information content (AvgIpc) is 3.19. The zero-order valence-corrected chi connectivity index (χ0v) is 16.9. The Labute approximate surface area is 169 Å². The minimum atomic E-state index is -0.369. The van der Waals surface area contributed by atoms with Crippen LogP contribution in [0.4, 0.5) is 4.39 Å². The summed E-state index contributed by atoms with van der Waals surface area (Å²) in [5, 5.41) is 0. The molecule has 1 N–H and O–H groups in total. The second-order valence-corrected chi connectivity index (χ2v) is 8.20. The van der Waals surface area contributed by atoms with Crippen molar-refractivity contribution in [2.24, 2.45) is 0 Å². The fourth-order valence-electron chi connectivity index (χ4n) is 4.32. The molecule has 1 amide bonds. The monoisotopic (exact) mass is 398 g/mol. The molecule has 0 aliphatic carbocycles. The largest absolute Gasteiger partial charge is 0.332 e. The molecule has 2 aromatic rings. The van der Waals surface area contributed by atoms with Gasteiger partial charge in [0.15, 0.2) is 0 Å². The Hall–Kier alpha value is -2.54. The van der Waals surface area contributed by atoms with E-state index in [4.69, 9.17) is 4.98 Å². The minimum absolute atomic E-state index is 0.0156. The SMILES string of the molecule is CC(C)N1CCc2nc(C3CCCN3C(=O)Cc3ccccc3F)[nH]c(=O)c2C1. The van der Waals surface area contributed by atoms with Crippen molar-refractivity contribution in [3.8, 4) is 0 Å². The Bertz CT molecular complexity index is 972. The first-order chi connectivity index (χ1) is 13.9. The van der Waals surface area contributed by atoms with Gasteiger partial charge in [-0.3, -0.25) is 14.5 Å². The van der Waals surface area contributed by atoms with Crippen molar-refractivity contribution >= 4 is 5.91 Å². The first kappa shape index (κ1) is 19.8. The topological polar surface area (TPSA) is 69.3 Å². The highest BCUT2D eigenvalue weighted by Crippen LogP contribution is 2.31. The number of carbonyl (C=O) groups excluding carboxylic acids is 1. The third-order valence-corrected chi connectivity index (χ3v) is 6.04. The number of halogens is 1. The van der Waals surface area contributed by atoms with E-state index in [1.807, 2.05) is 0 Å². The Morgan fingerprint density at radius 1 is 1.31 bits per heavy atom. The van der Waals surface area contributed by atoms with E-state index in [-0.39, 0.29) is 29.7 Å². The molecular weight excluding hydrogens is 371 g/mol. The molecule has 1 atom stereocenters. The molecule has 7 heteroatoms. The van der Waals surface area contributed by atoms with Crippen molar-refractivity contribution in [2.75, 3.05) is 13.1 Å². The van der Waals surface area contributed by atoms with Crippen molar-refractivity contribution in [1.29, 1.82) is 0 Å². The highest BCUT2D eigenvalue weighted by molar-refractivity contribution is 5.79. The predicted molar refractivity (Wildman–Crippen MR) is 108 cm³/mol. The van der Waals surface area contributed by atoms with Gasteiger partial charge in [0, 0.05) is 32.1 Å². The molecule has 4 rings (SSSR count). The third-order valence-electron chi connectivity index (χ3n) is 6.04. The zero-order chi connectivity index (χ0) is 20.5. The van der Waals surface area contributed by atoms with Gasteiger partial charge >= 0.3 is 0 Å². The smallest absolute Gasteiger partial charge is 0.255 e. The summed E-state index contributed by atoms with van der Waals surface area (Å²) < 4.78 is 14.0. The highest BCUT2D eigenvalue weighted by atomic mass is 19.1. The Morgan fingerprint density at radius 2 is 2.10 bits per heavy atom. The van der Waals surface area contributed by atoms with Gasteiger partial charge in [0.05, 0.1) is 23.7 Å². The van der Waals surface area contributed by atoms with Crippen LogP contribution in [0.1, 0.15) is 55.4 Å². The number of amides is 1. The van der Waals surface area contributed by atoms with Crippen molar-refractivity contribution in [2.45, 2.75) is 58.2 Å². The first-order valence-electron chi connectivity index (χ1n) is 10.3. The first-order valence-corrected chi connectivity index (χ1v) is 10.3. The molecule has 29 heavy (non-hydrogen) atoms. The third kappa shape index (κ3) is 3.96. The molecule has 1 aromatic carbocycles. The molecule has 0 bridgehead atoms. The van der Waals surface area contributed by atoms with Gasteiger partial charge in [-0.05, 0) is 38.3 Å². The number of nitrogens with one attached hydrogen (secondary N) is 1. The van der Waals surface area contributed by atoms with E-state index in [1.54, 1.807) is 23.1 Å².